The number of carbonyl (C=O) groups excluding carboxylic acids is 2. The molecule has 250 valence electrons. The van der Waals surface area contributed by atoms with E-state index in [-0.39, 0.29) is 49.5 Å². The van der Waals surface area contributed by atoms with Crippen LogP contribution in [0.25, 0.3) is 5.65 Å². The van der Waals surface area contributed by atoms with E-state index in [1.54, 1.807) is 12.3 Å². The number of hydrogen-bond donors (Lipinski definition) is 2. The lowest BCUT2D eigenvalue weighted by Crippen LogP contribution is -2.38. The minimum atomic E-state index is -4.46. The van der Waals surface area contributed by atoms with Crippen molar-refractivity contribution in [1.82, 2.24) is 34.9 Å². The zero-order chi connectivity index (χ0) is 33.0. The van der Waals surface area contributed by atoms with E-state index in [0.717, 1.165) is 17.6 Å². The van der Waals surface area contributed by atoms with E-state index < -0.39 is 79.3 Å². The zero-order valence-electron chi connectivity index (χ0n) is 24.6. The minimum Gasteiger partial charge on any atom is -0.364 e. The predicted molar refractivity (Wildman–Crippen MR) is 147 cm³/mol. The van der Waals surface area contributed by atoms with Crippen molar-refractivity contribution in [2.24, 2.45) is 23.5 Å². The average Bonchev–Trinajstić information content (AvgIpc) is 3.57. The van der Waals surface area contributed by atoms with E-state index in [2.05, 4.69) is 20.6 Å². The summed E-state index contributed by atoms with van der Waals surface area (Å²) in [5.41, 5.74) is 6.78. The molecule has 2 amide bonds. The van der Waals surface area contributed by atoms with Crippen LogP contribution < -0.4 is 11.1 Å². The van der Waals surface area contributed by atoms with E-state index in [0.29, 0.717) is 16.9 Å². The van der Waals surface area contributed by atoms with Crippen molar-refractivity contribution in [1.29, 1.82) is 0 Å². The first-order valence-electron chi connectivity index (χ1n) is 15.3. The van der Waals surface area contributed by atoms with Crippen LogP contribution in [0.2, 0.25) is 0 Å². The third-order valence-corrected chi connectivity index (χ3v) is 9.12. The fraction of sp³-hybridized carbons (Fsp3) is 0.655. The molecule has 0 aliphatic heterocycles. The van der Waals surface area contributed by atoms with Gasteiger partial charge >= 0.3 is 6.18 Å². The van der Waals surface area contributed by atoms with Gasteiger partial charge in [-0.15, -0.1) is 5.10 Å². The standard InChI is InChI=1S/C29H33F7N8O2/c30-27(31)6-3-16(4-7-27)22(24-25(26(37)46)42-44(41-24)13-15-10-28(32,33)11-15)19-14-43-20(39-19)9-18(12-38-43)23(17-1-2-17)40-21(45)5-8-29(34,35)36/h9,12,14-17,22-23H,1-8,10-11,13H2,(H2,37,46)(H,40,45)/t22-,23+/m0/s1. The Morgan fingerprint density at radius 3 is 2.33 bits per heavy atom. The van der Waals surface area contributed by atoms with E-state index in [9.17, 15) is 40.3 Å². The molecular formula is C29H33F7N8O2. The van der Waals surface area contributed by atoms with Gasteiger partial charge in [0.2, 0.25) is 17.8 Å². The molecule has 3 saturated carbocycles. The Bertz CT molecular complexity index is 1600. The van der Waals surface area contributed by atoms with Gasteiger partial charge in [-0.3, -0.25) is 9.59 Å². The Morgan fingerprint density at radius 2 is 1.72 bits per heavy atom. The number of nitrogens with two attached hydrogens (primary N) is 1. The molecule has 17 heteroatoms. The van der Waals surface area contributed by atoms with Crippen LogP contribution in [0.4, 0.5) is 30.7 Å². The van der Waals surface area contributed by atoms with Crippen molar-refractivity contribution in [3.05, 3.63) is 41.1 Å². The topological polar surface area (TPSA) is 133 Å². The Kier molecular flexibility index (Phi) is 8.24. The molecule has 0 spiro atoms. The summed E-state index contributed by atoms with van der Waals surface area (Å²) in [6, 6.07) is 1.08. The lowest BCUT2D eigenvalue weighted by Gasteiger charge is -2.34. The maximum Gasteiger partial charge on any atom is 0.389 e. The number of nitrogens with one attached hydrogen (secondary N) is 1. The van der Waals surface area contributed by atoms with E-state index in [1.807, 2.05) is 0 Å². The largest absolute Gasteiger partial charge is 0.389 e. The summed E-state index contributed by atoms with van der Waals surface area (Å²) in [4.78, 5) is 30.7. The normalized spacial score (nSPS) is 21.5. The smallest absolute Gasteiger partial charge is 0.364 e. The molecule has 0 radical (unpaired) electrons. The van der Waals surface area contributed by atoms with Crippen LogP contribution in [0.3, 0.4) is 0 Å². The third kappa shape index (κ3) is 7.27. The molecule has 3 aromatic rings. The van der Waals surface area contributed by atoms with Crippen LogP contribution in [0.1, 0.15) is 104 Å². The molecule has 0 bridgehead atoms. The minimum absolute atomic E-state index is 0.0222. The van der Waals surface area contributed by atoms with Crippen LogP contribution in [0, 0.1) is 17.8 Å². The number of nitrogens with zero attached hydrogens (tertiary/aromatic N) is 6. The Morgan fingerprint density at radius 1 is 1.02 bits per heavy atom. The predicted octanol–water partition coefficient (Wildman–Crippen LogP) is 5.33. The fourth-order valence-corrected chi connectivity index (χ4v) is 6.61. The number of alkyl halides is 7. The number of halogens is 7. The van der Waals surface area contributed by atoms with Gasteiger partial charge in [-0.2, -0.15) is 28.2 Å². The van der Waals surface area contributed by atoms with E-state index >= 15 is 0 Å². The molecule has 6 rings (SSSR count). The monoisotopic (exact) mass is 658 g/mol. The average molecular weight is 659 g/mol. The second kappa shape index (κ2) is 11.8. The van der Waals surface area contributed by atoms with Gasteiger partial charge in [0.15, 0.2) is 11.3 Å². The molecule has 3 fully saturated rings. The number of carbonyl (C=O) groups is 2. The number of fused-ring (bicyclic) bond motifs is 1. The highest BCUT2D eigenvalue weighted by Crippen LogP contribution is 2.46. The third-order valence-electron chi connectivity index (χ3n) is 9.12. The van der Waals surface area contributed by atoms with Crippen molar-refractivity contribution in [2.75, 3.05) is 0 Å². The number of primary amides is 1. The van der Waals surface area contributed by atoms with Gasteiger partial charge in [-0.25, -0.2) is 27.1 Å². The SMILES string of the molecule is NC(=O)c1nn(CC2CC(F)(F)C2)nc1[C@H](c1cn2ncc([C@H](NC(=O)CCC(F)(F)F)C3CC3)cc2n1)C1CCC(F)(F)CC1. The summed E-state index contributed by atoms with van der Waals surface area (Å²) in [6.45, 7) is 0.0264. The summed E-state index contributed by atoms with van der Waals surface area (Å²) in [7, 11) is 0. The van der Waals surface area contributed by atoms with Gasteiger partial charge in [0.1, 0.15) is 5.69 Å². The van der Waals surface area contributed by atoms with Crippen molar-refractivity contribution < 1.29 is 40.3 Å². The maximum absolute atomic E-state index is 14.2. The summed E-state index contributed by atoms with van der Waals surface area (Å²) in [5.74, 6) is -8.89. The molecular weight excluding hydrogens is 625 g/mol. The van der Waals surface area contributed by atoms with Crippen molar-refractivity contribution in [3.8, 4) is 0 Å². The molecule has 3 heterocycles. The molecule has 0 aromatic carbocycles. The van der Waals surface area contributed by atoms with Gasteiger partial charge in [0.05, 0.1) is 43.0 Å². The van der Waals surface area contributed by atoms with Gasteiger partial charge < -0.3 is 11.1 Å². The number of imidazole rings is 1. The molecule has 10 nitrogen and oxygen atoms in total. The lowest BCUT2D eigenvalue weighted by atomic mass is 9.75. The molecule has 3 N–H and O–H groups in total. The fourth-order valence-electron chi connectivity index (χ4n) is 6.61. The Labute approximate surface area is 258 Å². The summed E-state index contributed by atoms with van der Waals surface area (Å²) in [5, 5.41) is 15.8. The second-order valence-corrected chi connectivity index (χ2v) is 12.9. The van der Waals surface area contributed by atoms with E-state index in [1.165, 1.54) is 10.7 Å². The molecule has 3 aliphatic carbocycles. The van der Waals surface area contributed by atoms with Gasteiger partial charge in [0.25, 0.3) is 5.91 Å². The first-order valence-corrected chi connectivity index (χ1v) is 15.3. The van der Waals surface area contributed by atoms with Crippen molar-refractivity contribution in [2.45, 2.75) is 101 Å². The van der Waals surface area contributed by atoms with Crippen molar-refractivity contribution in [3.63, 3.8) is 0 Å². The highest BCUT2D eigenvalue weighted by atomic mass is 19.4. The molecule has 2 atom stereocenters. The lowest BCUT2D eigenvalue weighted by molar-refractivity contribution is -0.144. The summed E-state index contributed by atoms with van der Waals surface area (Å²) >= 11 is 0. The quantitative estimate of drug-likeness (QED) is 0.268. The van der Waals surface area contributed by atoms with Crippen molar-refractivity contribution >= 4 is 17.5 Å². The highest BCUT2D eigenvalue weighted by Gasteiger charge is 2.46. The number of aromatic nitrogens is 6. The zero-order valence-corrected chi connectivity index (χ0v) is 24.6. The van der Waals surface area contributed by atoms with Crippen LogP contribution in [-0.4, -0.2) is 59.4 Å². The molecule has 46 heavy (non-hydrogen) atoms. The van der Waals surface area contributed by atoms with Gasteiger partial charge in [-0.1, -0.05) is 0 Å². The molecule has 0 saturated heterocycles. The number of rotatable bonds is 11. The van der Waals surface area contributed by atoms with Crippen LogP contribution >= 0.6 is 0 Å². The summed E-state index contributed by atoms with van der Waals surface area (Å²) < 4.78 is 94.7. The molecule has 0 unspecified atom stereocenters. The maximum atomic E-state index is 14.2. The van der Waals surface area contributed by atoms with Crippen LogP contribution in [0.15, 0.2) is 18.5 Å². The molecule has 3 aliphatic rings. The summed E-state index contributed by atoms with van der Waals surface area (Å²) in [6.07, 6.45) is -3.12. The Balaban J connectivity index is 1.32. The highest BCUT2D eigenvalue weighted by molar-refractivity contribution is 5.92. The number of hydrogen-bond acceptors (Lipinski definition) is 6. The van der Waals surface area contributed by atoms with Gasteiger partial charge in [-0.05, 0) is 55.1 Å². The van der Waals surface area contributed by atoms with Gasteiger partial charge in [0, 0.05) is 32.1 Å². The van der Waals surface area contributed by atoms with Crippen LogP contribution in [0.5, 0.6) is 0 Å². The van der Waals surface area contributed by atoms with E-state index in [4.69, 9.17) is 10.7 Å². The first kappa shape index (κ1) is 32.2. The number of amides is 2. The second-order valence-electron chi connectivity index (χ2n) is 12.9. The first-order chi connectivity index (χ1) is 21.6. The molecule has 3 aromatic heterocycles. The van der Waals surface area contributed by atoms with Crippen LogP contribution in [-0.2, 0) is 11.3 Å². The Hall–Kier alpha value is -3.79.